The fourth-order valence-electron chi connectivity index (χ4n) is 3.51. The average Bonchev–Trinajstić information content (AvgIpc) is 3.11. The van der Waals surface area contributed by atoms with E-state index < -0.39 is 0 Å². The average molecular weight is 358 g/mol. The highest BCUT2D eigenvalue weighted by Gasteiger charge is 2.22. The van der Waals surface area contributed by atoms with Crippen molar-refractivity contribution >= 4 is 11.7 Å². The molecule has 0 fully saturated rings. The van der Waals surface area contributed by atoms with Crippen LogP contribution in [-0.2, 0) is 13.0 Å². The van der Waals surface area contributed by atoms with Crippen LogP contribution in [0.15, 0.2) is 54.7 Å². The summed E-state index contributed by atoms with van der Waals surface area (Å²) < 4.78 is 2.12. The Morgan fingerprint density at radius 3 is 2.11 bits per heavy atom. The molecule has 1 unspecified atom stereocenters. The van der Waals surface area contributed by atoms with E-state index >= 15 is 0 Å². The van der Waals surface area contributed by atoms with Crippen molar-refractivity contribution in [3.05, 3.63) is 66.1 Å². The fourth-order valence-corrected chi connectivity index (χ4v) is 3.51. The molecule has 3 aromatic rings. The number of aromatic nitrogens is 2. The lowest BCUT2D eigenvalue weighted by molar-refractivity contribution is 0.448. The Balaban J connectivity index is 1.56. The van der Waals surface area contributed by atoms with Gasteiger partial charge in [-0.3, -0.25) is 10.8 Å². The van der Waals surface area contributed by atoms with Gasteiger partial charge in [-0.25, -0.2) is 4.98 Å². The van der Waals surface area contributed by atoms with Crippen LogP contribution in [0.3, 0.4) is 0 Å². The summed E-state index contributed by atoms with van der Waals surface area (Å²) in [6, 6.07) is 16.0. The predicted molar refractivity (Wildman–Crippen MR) is 108 cm³/mol. The zero-order valence-electron chi connectivity index (χ0n) is 14.9. The third-order valence-electron chi connectivity index (χ3n) is 5.14. The number of fused-ring (bicyclic) bond motifs is 1. The first-order chi connectivity index (χ1) is 13.0. The number of nitrogens with two attached hydrogens (primary N) is 2. The number of hydrogen-bond acceptors (Lipinski definition) is 3. The predicted octanol–water partition coefficient (Wildman–Crippen LogP) is 3.00. The Hall–Kier alpha value is -3.41. The summed E-state index contributed by atoms with van der Waals surface area (Å²) in [6.45, 7) is 0.734. The molecule has 0 saturated heterocycles. The van der Waals surface area contributed by atoms with E-state index in [2.05, 4.69) is 35.0 Å². The van der Waals surface area contributed by atoms with Crippen molar-refractivity contribution < 1.29 is 0 Å². The van der Waals surface area contributed by atoms with Crippen molar-refractivity contribution in [2.45, 2.75) is 19.4 Å². The molecule has 27 heavy (non-hydrogen) atoms. The molecule has 2 aromatic carbocycles. The lowest BCUT2D eigenvalue weighted by Gasteiger charge is -2.22. The zero-order chi connectivity index (χ0) is 19.0. The number of amidine groups is 2. The van der Waals surface area contributed by atoms with Crippen LogP contribution < -0.4 is 11.5 Å². The molecule has 0 spiro atoms. The lowest BCUT2D eigenvalue weighted by atomic mass is 9.99. The normalized spacial score (nSPS) is 15.9. The number of rotatable bonds is 4. The highest BCUT2D eigenvalue weighted by molar-refractivity contribution is 5.95. The summed E-state index contributed by atoms with van der Waals surface area (Å²) in [7, 11) is 0. The Morgan fingerprint density at radius 1 is 0.926 bits per heavy atom. The van der Waals surface area contributed by atoms with Crippen LogP contribution in [0.2, 0.25) is 0 Å². The second-order valence-electron chi connectivity index (χ2n) is 6.95. The van der Waals surface area contributed by atoms with E-state index in [4.69, 9.17) is 27.3 Å². The molecule has 1 atom stereocenters. The maximum absolute atomic E-state index is 7.67. The number of nitrogens with zero attached hydrogens (tertiary/aromatic N) is 2. The smallest absolute Gasteiger partial charge is 0.122 e. The molecule has 0 aliphatic carbocycles. The first-order valence-electron chi connectivity index (χ1n) is 8.96. The van der Waals surface area contributed by atoms with Gasteiger partial charge in [-0.2, -0.15) is 0 Å². The zero-order valence-corrected chi connectivity index (χ0v) is 14.9. The first-order valence-corrected chi connectivity index (χ1v) is 8.96. The topological polar surface area (TPSA) is 118 Å². The molecule has 0 bridgehead atoms. The van der Waals surface area contributed by atoms with Crippen LogP contribution in [0.25, 0.3) is 22.4 Å². The number of imidazole rings is 1. The molecular formula is C21H22N6. The van der Waals surface area contributed by atoms with Gasteiger partial charge in [-0.15, -0.1) is 0 Å². The van der Waals surface area contributed by atoms with Gasteiger partial charge in [0.15, 0.2) is 0 Å². The number of nitrogen functional groups attached to an aromatic ring is 1. The molecule has 4 rings (SSSR count). The molecule has 2 heterocycles. The van der Waals surface area contributed by atoms with E-state index in [1.54, 1.807) is 0 Å². The van der Waals surface area contributed by atoms with Gasteiger partial charge in [-0.1, -0.05) is 48.5 Å². The monoisotopic (exact) mass is 358 g/mol. The molecule has 1 aliphatic heterocycles. The van der Waals surface area contributed by atoms with Crippen LogP contribution in [0.1, 0.15) is 17.8 Å². The maximum atomic E-state index is 7.67. The van der Waals surface area contributed by atoms with Gasteiger partial charge in [0.1, 0.15) is 11.7 Å². The fraction of sp³-hybridized carbons (Fsp3) is 0.190. The largest absolute Gasteiger partial charge is 0.387 e. The lowest BCUT2D eigenvalue weighted by Crippen LogP contribution is -2.30. The Morgan fingerprint density at radius 2 is 1.52 bits per heavy atom. The van der Waals surface area contributed by atoms with E-state index in [1.165, 1.54) is 0 Å². The number of hydrogen-bond donors (Lipinski definition) is 4. The van der Waals surface area contributed by atoms with Crippen LogP contribution in [-0.4, -0.2) is 21.2 Å². The molecule has 0 saturated carbocycles. The molecule has 6 nitrogen and oxygen atoms in total. The van der Waals surface area contributed by atoms with Gasteiger partial charge < -0.3 is 16.0 Å². The van der Waals surface area contributed by atoms with Gasteiger partial charge in [0.05, 0.1) is 11.5 Å². The molecule has 1 aliphatic rings. The molecule has 0 radical (unpaired) electrons. The van der Waals surface area contributed by atoms with Gasteiger partial charge in [0.25, 0.3) is 0 Å². The van der Waals surface area contributed by atoms with Crippen LogP contribution in [0, 0.1) is 16.7 Å². The number of aryl methyl sites for hydroxylation is 1. The van der Waals surface area contributed by atoms with Crippen LogP contribution >= 0.6 is 0 Å². The minimum Gasteiger partial charge on any atom is -0.387 e. The number of nitrogens with one attached hydrogen (secondary N) is 2. The summed E-state index contributed by atoms with van der Waals surface area (Å²) in [5.41, 5.74) is 16.1. The Labute approximate surface area is 157 Å². The second kappa shape index (κ2) is 6.72. The third kappa shape index (κ3) is 3.33. The molecule has 136 valence electrons. The standard InChI is InChI=1S/C21H22N6/c22-20(23)16-7-3-14(4-8-16)13-1-5-15(6-2-13)18-12-27-11-17(21(24)25)9-10-19(27)26-18/h1-8,12,17H,9-11H2,(H3,22,23)(H3,24,25). The van der Waals surface area contributed by atoms with Crippen LogP contribution in [0.5, 0.6) is 0 Å². The molecule has 6 N–H and O–H groups in total. The summed E-state index contributed by atoms with van der Waals surface area (Å²) in [4.78, 5) is 4.76. The minimum atomic E-state index is 0.0765. The van der Waals surface area contributed by atoms with E-state index in [0.29, 0.717) is 0 Å². The van der Waals surface area contributed by atoms with Gasteiger partial charge in [-0.05, 0) is 17.5 Å². The van der Waals surface area contributed by atoms with Crippen molar-refractivity contribution in [2.75, 3.05) is 0 Å². The van der Waals surface area contributed by atoms with Gasteiger partial charge in [0.2, 0.25) is 0 Å². The highest BCUT2D eigenvalue weighted by atomic mass is 15.1. The van der Waals surface area contributed by atoms with Crippen molar-refractivity contribution in [3.8, 4) is 22.4 Å². The number of benzene rings is 2. The maximum Gasteiger partial charge on any atom is 0.122 e. The van der Waals surface area contributed by atoms with Crippen molar-refractivity contribution in [1.29, 1.82) is 10.8 Å². The van der Waals surface area contributed by atoms with E-state index in [-0.39, 0.29) is 17.6 Å². The summed E-state index contributed by atoms with van der Waals surface area (Å²) >= 11 is 0. The van der Waals surface area contributed by atoms with E-state index in [9.17, 15) is 0 Å². The molecular weight excluding hydrogens is 336 g/mol. The minimum absolute atomic E-state index is 0.0765. The molecule has 1 aromatic heterocycles. The molecule has 0 amide bonds. The summed E-state index contributed by atoms with van der Waals surface area (Å²) in [5, 5.41) is 15.1. The van der Waals surface area contributed by atoms with E-state index in [1.807, 2.05) is 24.3 Å². The molecule has 6 heteroatoms. The van der Waals surface area contributed by atoms with Gasteiger partial charge >= 0.3 is 0 Å². The highest BCUT2D eigenvalue weighted by Crippen LogP contribution is 2.27. The summed E-state index contributed by atoms with van der Waals surface area (Å²) in [6.07, 6.45) is 3.80. The quantitative estimate of drug-likeness (QED) is 0.424. The van der Waals surface area contributed by atoms with Crippen molar-refractivity contribution in [1.82, 2.24) is 9.55 Å². The van der Waals surface area contributed by atoms with Crippen molar-refractivity contribution in [2.24, 2.45) is 17.4 Å². The SMILES string of the molecule is N=C(N)c1ccc(-c2ccc(-c3cn4c(n3)CCC(C(=N)N)C4)cc2)cc1. The van der Waals surface area contributed by atoms with Crippen LogP contribution in [0.4, 0.5) is 0 Å². The summed E-state index contributed by atoms with van der Waals surface area (Å²) in [5.74, 6) is 1.51. The Kier molecular flexibility index (Phi) is 4.24. The van der Waals surface area contributed by atoms with Gasteiger partial charge in [0, 0.05) is 36.2 Å². The second-order valence-corrected chi connectivity index (χ2v) is 6.95. The third-order valence-corrected chi connectivity index (χ3v) is 5.14. The van der Waals surface area contributed by atoms with Crippen molar-refractivity contribution in [3.63, 3.8) is 0 Å². The van der Waals surface area contributed by atoms with E-state index in [0.717, 1.165) is 53.2 Å². The first kappa shape index (κ1) is 17.0. The Bertz CT molecular complexity index is 998.